The summed E-state index contributed by atoms with van der Waals surface area (Å²) < 4.78 is 3.28. The topological polar surface area (TPSA) is 67.2 Å². The van der Waals surface area contributed by atoms with Crippen molar-refractivity contribution in [1.29, 1.82) is 0 Å². The number of rotatable bonds is 9. The molecule has 2 aromatic carbocycles. The second kappa shape index (κ2) is 10.5. The maximum atomic E-state index is 13.3. The number of nitrogens with zero attached hydrogens (tertiary/aromatic N) is 3. The number of carbonyl (C=O) groups excluding carboxylic acids is 1. The van der Waals surface area contributed by atoms with Crippen LogP contribution >= 0.6 is 11.3 Å². The Bertz CT molecular complexity index is 1340. The van der Waals surface area contributed by atoms with Crippen LogP contribution in [0.5, 0.6) is 0 Å². The van der Waals surface area contributed by atoms with Gasteiger partial charge in [-0.3, -0.25) is 14.5 Å². The number of carbonyl (C=O) groups is 1. The van der Waals surface area contributed by atoms with Gasteiger partial charge in [-0.2, -0.15) is 5.10 Å². The van der Waals surface area contributed by atoms with Crippen LogP contribution in [-0.2, 0) is 11.3 Å². The molecule has 0 radical (unpaired) electrons. The lowest BCUT2D eigenvalue weighted by molar-refractivity contribution is -0.124. The number of thiophene rings is 1. The minimum absolute atomic E-state index is 0.188. The predicted octanol–water partition coefficient (Wildman–Crippen LogP) is 4.90. The Balaban J connectivity index is 1.41. The van der Waals surface area contributed by atoms with Gasteiger partial charge in [0.2, 0.25) is 5.91 Å². The van der Waals surface area contributed by atoms with Crippen LogP contribution in [0.25, 0.3) is 20.2 Å². The van der Waals surface area contributed by atoms with Crippen LogP contribution in [-0.4, -0.2) is 39.7 Å². The smallest absolute Gasteiger partial charge is 0.276 e. The van der Waals surface area contributed by atoms with Gasteiger partial charge in [0, 0.05) is 35.8 Å². The number of aryl methyl sites for hydroxylation is 1. The molecule has 7 heteroatoms. The molecule has 1 N–H and O–H groups in total. The molecule has 4 aromatic rings. The van der Waals surface area contributed by atoms with E-state index >= 15 is 0 Å². The van der Waals surface area contributed by atoms with Crippen molar-refractivity contribution in [1.82, 2.24) is 20.0 Å². The van der Waals surface area contributed by atoms with Crippen molar-refractivity contribution >= 4 is 37.4 Å². The largest absolute Gasteiger partial charge is 0.354 e. The fourth-order valence-corrected chi connectivity index (χ4v) is 5.37. The van der Waals surface area contributed by atoms with E-state index in [1.807, 2.05) is 37.3 Å². The van der Waals surface area contributed by atoms with Crippen molar-refractivity contribution in [2.24, 2.45) is 0 Å². The Labute approximate surface area is 204 Å². The second-order valence-corrected chi connectivity index (χ2v) is 10.1. The van der Waals surface area contributed by atoms with Crippen molar-refractivity contribution < 1.29 is 4.79 Å². The van der Waals surface area contributed by atoms with Crippen LogP contribution in [0.1, 0.15) is 44.5 Å². The number of hydrogen-bond donors (Lipinski definition) is 1. The number of aromatic nitrogens is 2. The fraction of sp³-hybridized carbons (Fsp3) is 0.370. The van der Waals surface area contributed by atoms with Gasteiger partial charge in [-0.05, 0) is 45.7 Å². The molecule has 0 fully saturated rings. The van der Waals surface area contributed by atoms with Crippen LogP contribution in [0.3, 0.4) is 0 Å². The van der Waals surface area contributed by atoms with Gasteiger partial charge in [-0.15, -0.1) is 11.3 Å². The summed E-state index contributed by atoms with van der Waals surface area (Å²) in [6, 6.07) is 18.0. The first-order chi connectivity index (χ1) is 16.4. The minimum Gasteiger partial charge on any atom is -0.354 e. The monoisotopic (exact) mass is 476 g/mol. The third-order valence-corrected chi connectivity index (χ3v) is 7.51. The Morgan fingerprint density at radius 1 is 1.09 bits per heavy atom. The molecular formula is C27H32N4O2S. The maximum absolute atomic E-state index is 13.3. The normalized spacial score (nSPS) is 12.6. The van der Waals surface area contributed by atoms with Crippen molar-refractivity contribution in [3.8, 4) is 0 Å². The van der Waals surface area contributed by atoms with Crippen LogP contribution in [0.15, 0.2) is 59.4 Å². The zero-order chi connectivity index (χ0) is 24.2. The highest BCUT2D eigenvalue weighted by Crippen LogP contribution is 2.32. The highest BCUT2D eigenvalue weighted by Gasteiger charge is 2.21. The van der Waals surface area contributed by atoms with Crippen molar-refractivity contribution in [3.05, 3.63) is 76.2 Å². The molecule has 2 heterocycles. The summed E-state index contributed by atoms with van der Waals surface area (Å²) in [7, 11) is 0. The first-order valence-electron chi connectivity index (χ1n) is 11.8. The third-order valence-electron chi connectivity index (χ3n) is 6.23. The Hall–Kier alpha value is -3.03. The average molecular weight is 477 g/mol. The molecule has 6 nitrogen and oxygen atoms in total. The lowest BCUT2D eigenvalue weighted by Crippen LogP contribution is -2.39. The zero-order valence-corrected chi connectivity index (χ0v) is 21.1. The number of benzene rings is 2. The zero-order valence-electron chi connectivity index (χ0n) is 20.2. The fourth-order valence-electron chi connectivity index (χ4n) is 4.23. The highest BCUT2D eigenvalue weighted by atomic mass is 32.1. The Kier molecular flexibility index (Phi) is 7.44. The first kappa shape index (κ1) is 24.1. The quantitative estimate of drug-likeness (QED) is 0.349. The Morgan fingerprint density at radius 3 is 2.53 bits per heavy atom. The van der Waals surface area contributed by atoms with Gasteiger partial charge >= 0.3 is 0 Å². The third kappa shape index (κ3) is 5.05. The van der Waals surface area contributed by atoms with Crippen molar-refractivity contribution in [3.63, 3.8) is 0 Å². The summed E-state index contributed by atoms with van der Waals surface area (Å²) in [6.45, 7) is 10.3. The van der Waals surface area contributed by atoms with Crippen LogP contribution in [0.4, 0.5) is 0 Å². The molecule has 0 aliphatic rings. The van der Waals surface area contributed by atoms with Gasteiger partial charge in [0.1, 0.15) is 6.04 Å². The second-order valence-electron chi connectivity index (χ2n) is 9.01. The number of hydrogen-bond acceptors (Lipinski definition) is 5. The molecule has 2 aromatic heterocycles. The van der Waals surface area contributed by atoms with E-state index in [1.165, 1.54) is 10.2 Å². The molecule has 1 amide bonds. The highest BCUT2D eigenvalue weighted by molar-refractivity contribution is 7.26. The van der Waals surface area contributed by atoms with Gasteiger partial charge in [0.05, 0.1) is 15.8 Å². The molecule has 0 aliphatic carbocycles. The van der Waals surface area contributed by atoms with Crippen molar-refractivity contribution in [2.45, 2.75) is 52.7 Å². The average Bonchev–Trinajstić information content (AvgIpc) is 3.24. The van der Waals surface area contributed by atoms with E-state index in [9.17, 15) is 9.59 Å². The maximum Gasteiger partial charge on any atom is 0.276 e. The van der Waals surface area contributed by atoms with E-state index in [2.05, 4.69) is 53.4 Å². The molecule has 0 saturated carbocycles. The lowest BCUT2D eigenvalue weighted by atomic mass is 10.2. The van der Waals surface area contributed by atoms with E-state index in [1.54, 1.807) is 18.3 Å². The van der Waals surface area contributed by atoms with E-state index in [-0.39, 0.29) is 11.5 Å². The summed E-state index contributed by atoms with van der Waals surface area (Å²) >= 11 is 1.57. The molecule has 178 valence electrons. The van der Waals surface area contributed by atoms with Gasteiger partial charge in [-0.25, -0.2) is 4.68 Å². The molecule has 4 rings (SSSR count). The SMILES string of the molecule is Cc1nn([C@H](C)C(=O)NCCCN(Cc2ccccc2)C(C)C)c(=O)c2c1sc1ccccc12. The van der Waals surface area contributed by atoms with Crippen LogP contribution in [0.2, 0.25) is 0 Å². The van der Waals surface area contributed by atoms with Gasteiger partial charge in [-0.1, -0.05) is 48.5 Å². The first-order valence-corrected chi connectivity index (χ1v) is 12.6. The molecular weight excluding hydrogens is 444 g/mol. The molecule has 1 atom stereocenters. The van der Waals surface area contributed by atoms with E-state index < -0.39 is 6.04 Å². The lowest BCUT2D eigenvalue weighted by Gasteiger charge is -2.26. The standard InChI is InChI=1S/C27H32N4O2S/c1-18(2)30(17-21-11-6-5-7-12-21)16-10-15-28-26(32)20(4)31-27(33)24-22-13-8-9-14-23(22)34-25(24)19(3)29-31/h5-9,11-14,18,20H,10,15-17H2,1-4H3,(H,28,32)/t20-/m1/s1. The summed E-state index contributed by atoms with van der Waals surface area (Å²) in [6.07, 6.45) is 0.832. The summed E-state index contributed by atoms with van der Waals surface area (Å²) in [5, 5.41) is 9.07. The Morgan fingerprint density at radius 2 is 1.79 bits per heavy atom. The molecule has 0 saturated heterocycles. The van der Waals surface area contributed by atoms with Crippen LogP contribution < -0.4 is 10.9 Å². The molecule has 0 unspecified atom stereocenters. The predicted molar refractivity (Wildman–Crippen MR) is 140 cm³/mol. The number of amides is 1. The summed E-state index contributed by atoms with van der Waals surface area (Å²) in [4.78, 5) is 28.6. The van der Waals surface area contributed by atoms with Crippen LogP contribution in [0, 0.1) is 6.92 Å². The number of fused-ring (bicyclic) bond motifs is 3. The van der Waals surface area contributed by atoms with E-state index in [0.717, 1.165) is 40.0 Å². The van der Waals surface area contributed by atoms with E-state index in [4.69, 9.17) is 0 Å². The van der Waals surface area contributed by atoms with Gasteiger partial charge < -0.3 is 5.32 Å². The van der Waals surface area contributed by atoms with Crippen molar-refractivity contribution in [2.75, 3.05) is 13.1 Å². The molecule has 0 spiro atoms. The van der Waals surface area contributed by atoms with Gasteiger partial charge in [0.15, 0.2) is 0 Å². The molecule has 34 heavy (non-hydrogen) atoms. The number of nitrogens with one attached hydrogen (secondary N) is 1. The van der Waals surface area contributed by atoms with Gasteiger partial charge in [0.25, 0.3) is 5.56 Å². The molecule has 0 aliphatic heterocycles. The minimum atomic E-state index is -0.681. The summed E-state index contributed by atoms with van der Waals surface area (Å²) in [5.41, 5.74) is 1.84. The van der Waals surface area contributed by atoms with E-state index in [0.29, 0.717) is 18.0 Å². The summed E-state index contributed by atoms with van der Waals surface area (Å²) in [5.74, 6) is -0.188. The molecule has 0 bridgehead atoms.